The van der Waals surface area contributed by atoms with Gasteiger partial charge in [0.05, 0.1) is 11.5 Å². The summed E-state index contributed by atoms with van der Waals surface area (Å²) in [4.78, 5) is 0. The quantitative estimate of drug-likeness (QED) is 0.884. The summed E-state index contributed by atoms with van der Waals surface area (Å²) in [6, 6.07) is 6.72. The highest BCUT2D eigenvalue weighted by molar-refractivity contribution is 7.92. The molecule has 5 heteroatoms. The zero-order valence-electron chi connectivity index (χ0n) is 9.69. The van der Waals surface area contributed by atoms with Gasteiger partial charge in [0.2, 0.25) is 0 Å². The van der Waals surface area contributed by atoms with Gasteiger partial charge in [0.1, 0.15) is 5.82 Å². The van der Waals surface area contributed by atoms with Gasteiger partial charge < -0.3 is 5.32 Å². The van der Waals surface area contributed by atoms with Crippen molar-refractivity contribution in [2.24, 2.45) is 0 Å². The second kappa shape index (κ2) is 4.74. The maximum Gasteiger partial charge on any atom is 0.153 e. The fourth-order valence-corrected chi connectivity index (χ4v) is 3.37. The minimum Gasteiger partial charge on any atom is -0.311 e. The zero-order valence-corrected chi connectivity index (χ0v) is 10.5. The van der Waals surface area contributed by atoms with E-state index in [1.807, 2.05) is 13.0 Å². The van der Waals surface area contributed by atoms with E-state index in [-0.39, 0.29) is 29.3 Å². The van der Waals surface area contributed by atoms with E-state index in [2.05, 4.69) is 5.32 Å². The molecular formula is C12H16FNO2S. The van der Waals surface area contributed by atoms with Crippen LogP contribution in [0.3, 0.4) is 0 Å². The Bertz CT molecular complexity index is 489. The van der Waals surface area contributed by atoms with Gasteiger partial charge in [-0.1, -0.05) is 25.1 Å². The summed E-state index contributed by atoms with van der Waals surface area (Å²) >= 11 is 0. The second-order valence-corrected chi connectivity index (χ2v) is 6.76. The monoisotopic (exact) mass is 257 g/mol. The molecule has 2 rings (SSSR count). The number of halogens is 1. The molecule has 1 aliphatic rings. The third-order valence-electron chi connectivity index (χ3n) is 3.06. The zero-order chi connectivity index (χ0) is 12.5. The lowest BCUT2D eigenvalue weighted by Crippen LogP contribution is -2.51. The van der Waals surface area contributed by atoms with Crippen molar-refractivity contribution in [1.29, 1.82) is 0 Å². The summed E-state index contributed by atoms with van der Waals surface area (Å²) in [5, 5.41) is 3.15. The van der Waals surface area contributed by atoms with Crippen LogP contribution in [0.4, 0.5) is 4.39 Å². The van der Waals surface area contributed by atoms with Crippen molar-refractivity contribution in [3.8, 4) is 0 Å². The average molecular weight is 257 g/mol. The van der Waals surface area contributed by atoms with Gasteiger partial charge in [-0.3, -0.25) is 0 Å². The fourth-order valence-electron chi connectivity index (χ4n) is 2.01. The molecule has 0 spiro atoms. The SMILES string of the molecule is CC(CNC1CS(=O)(=O)C1)c1ccccc1F. The van der Waals surface area contributed by atoms with Crippen LogP contribution in [0.1, 0.15) is 18.4 Å². The molecule has 0 aromatic heterocycles. The molecule has 1 aromatic rings. The Morgan fingerprint density at radius 3 is 2.65 bits per heavy atom. The number of benzene rings is 1. The van der Waals surface area contributed by atoms with Gasteiger partial charge in [-0.15, -0.1) is 0 Å². The van der Waals surface area contributed by atoms with Gasteiger partial charge in [-0.05, 0) is 17.5 Å². The number of hydrogen-bond donors (Lipinski definition) is 1. The lowest BCUT2D eigenvalue weighted by Gasteiger charge is -2.28. The molecule has 94 valence electrons. The molecular weight excluding hydrogens is 241 g/mol. The third kappa shape index (κ3) is 3.04. The summed E-state index contributed by atoms with van der Waals surface area (Å²) in [5.74, 6) is 0.246. The number of hydrogen-bond acceptors (Lipinski definition) is 3. The standard InChI is InChI=1S/C12H16FNO2S/c1-9(11-4-2-3-5-12(11)13)6-14-10-7-17(15,16)8-10/h2-5,9-10,14H,6-8H2,1H3. The van der Waals surface area contributed by atoms with Crippen LogP contribution in [0.2, 0.25) is 0 Å². The van der Waals surface area contributed by atoms with Crippen LogP contribution in [0.5, 0.6) is 0 Å². The highest BCUT2D eigenvalue weighted by Gasteiger charge is 2.32. The minimum absolute atomic E-state index is 0.0363. The Morgan fingerprint density at radius 2 is 2.06 bits per heavy atom. The fraction of sp³-hybridized carbons (Fsp3) is 0.500. The molecule has 1 heterocycles. The number of rotatable bonds is 4. The number of sulfone groups is 1. The van der Waals surface area contributed by atoms with Crippen LogP contribution >= 0.6 is 0 Å². The Labute approximate surface area is 101 Å². The molecule has 0 bridgehead atoms. The van der Waals surface area contributed by atoms with Crippen molar-refractivity contribution in [2.75, 3.05) is 18.1 Å². The van der Waals surface area contributed by atoms with Crippen molar-refractivity contribution < 1.29 is 12.8 Å². The first kappa shape index (κ1) is 12.5. The van der Waals surface area contributed by atoms with Gasteiger partial charge >= 0.3 is 0 Å². The summed E-state index contributed by atoms with van der Waals surface area (Å²) in [7, 11) is -2.79. The molecule has 1 unspecified atom stereocenters. The van der Waals surface area contributed by atoms with E-state index in [1.165, 1.54) is 6.07 Å². The van der Waals surface area contributed by atoms with Gasteiger partial charge in [0.15, 0.2) is 9.84 Å². The van der Waals surface area contributed by atoms with Crippen LogP contribution in [0, 0.1) is 5.82 Å². The van der Waals surface area contributed by atoms with Gasteiger partial charge in [-0.25, -0.2) is 12.8 Å². The van der Waals surface area contributed by atoms with Crippen LogP contribution in [-0.4, -0.2) is 32.5 Å². The molecule has 0 amide bonds. The Kier molecular flexibility index (Phi) is 3.49. The first-order chi connectivity index (χ1) is 7.98. The van der Waals surface area contributed by atoms with Crippen LogP contribution < -0.4 is 5.32 Å². The molecule has 1 aliphatic heterocycles. The summed E-state index contributed by atoms with van der Waals surface area (Å²) < 4.78 is 35.4. The van der Waals surface area contributed by atoms with E-state index in [0.717, 1.165) is 0 Å². The lowest BCUT2D eigenvalue weighted by molar-refractivity contribution is 0.489. The molecule has 0 radical (unpaired) electrons. The van der Waals surface area contributed by atoms with Crippen molar-refractivity contribution in [3.05, 3.63) is 35.6 Å². The predicted molar refractivity (Wildman–Crippen MR) is 65.3 cm³/mol. The van der Waals surface area contributed by atoms with Gasteiger partial charge in [0.25, 0.3) is 0 Å². The van der Waals surface area contributed by atoms with E-state index in [9.17, 15) is 12.8 Å². The first-order valence-corrected chi connectivity index (χ1v) is 7.48. The molecule has 0 saturated carbocycles. The second-order valence-electron chi connectivity index (χ2n) is 4.60. The Morgan fingerprint density at radius 1 is 1.41 bits per heavy atom. The molecule has 1 atom stereocenters. The largest absolute Gasteiger partial charge is 0.311 e. The normalized spacial score (nSPS) is 20.8. The highest BCUT2D eigenvalue weighted by atomic mass is 32.2. The molecule has 17 heavy (non-hydrogen) atoms. The maximum atomic E-state index is 13.5. The summed E-state index contributed by atoms with van der Waals surface area (Å²) in [6.07, 6.45) is 0. The molecule has 1 fully saturated rings. The first-order valence-electron chi connectivity index (χ1n) is 5.66. The van der Waals surface area contributed by atoms with E-state index in [4.69, 9.17) is 0 Å². The predicted octanol–water partition coefficient (Wildman–Crippen LogP) is 1.32. The smallest absolute Gasteiger partial charge is 0.153 e. The minimum atomic E-state index is -2.79. The van der Waals surface area contributed by atoms with Crippen LogP contribution in [-0.2, 0) is 9.84 Å². The van der Waals surface area contributed by atoms with E-state index in [1.54, 1.807) is 12.1 Å². The van der Waals surface area contributed by atoms with Crippen molar-refractivity contribution in [2.45, 2.75) is 18.9 Å². The van der Waals surface area contributed by atoms with Crippen molar-refractivity contribution in [3.63, 3.8) is 0 Å². The maximum absolute atomic E-state index is 13.5. The van der Waals surface area contributed by atoms with Crippen molar-refractivity contribution in [1.82, 2.24) is 5.32 Å². The van der Waals surface area contributed by atoms with Crippen molar-refractivity contribution >= 4 is 9.84 Å². The number of nitrogens with one attached hydrogen (secondary N) is 1. The lowest BCUT2D eigenvalue weighted by atomic mass is 10.0. The summed E-state index contributed by atoms with van der Waals surface area (Å²) in [5.41, 5.74) is 0.669. The topological polar surface area (TPSA) is 46.2 Å². The Hall–Kier alpha value is -0.940. The van der Waals surface area contributed by atoms with Gasteiger partial charge in [-0.2, -0.15) is 0 Å². The summed E-state index contributed by atoms with van der Waals surface area (Å²) in [6.45, 7) is 2.53. The van der Waals surface area contributed by atoms with E-state index < -0.39 is 9.84 Å². The average Bonchev–Trinajstić information content (AvgIpc) is 2.23. The molecule has 1 saturated heterocycles. The third-order valence-corrected chi connectivity index (χ3v) is 4.88. The molecule has 0 aliphatic carbocycles. The van der Waals surface area contributed by atoms with E-state index >= 15 is 0 Å². The van der Waals surface area contributed by atoms with Crippen LogP contribution in [0.15, 0.2) is 24.3 Å². The highest BCUT2D eigenvalue weighted by Crippen LogP contribution is 2.19. The molecule has 3 nitrogen and oxygen atoms in total. The molecule has 1 aromatic carbocycles. The van der Waals surface area contributed by atoms with E-state index in [0.29, 0.717) is 12.1 Å². The Balaban J connectivity index is 1.86. The molecule has 1 N–H and O–H groups in total. The van der Waals surface area contributed by atoms with Gasteiger partial charge in [0, 0.05) is 12.6 Å². The van der Waals surface area contributed by atoms with Crippen LogP contribution in [0.25, 0.3) is 0 Å².